The van der Waals surface area contributed by atoms with E-state index >= 15 is 0 Å². The number of nitrogens with zero attached hydrogens (tertiary/aromatic N) is 1. The van der Waals surface area contributed by atoms with E-state index in [9.17, 15) is 0 Å². The molecule has 0 amide bonds. The fourth-order valence-electron chi connectivity index (χ4n) is 2.99. The molecule has 0 bridgehead atoms. The van der Waals surface area contributed by atoms with E-state index < -0.39 is 0 Å². The van der Waals surface area contributed by atoms with Gasteiger partial charge in [0.25, 0.3) is 0 Å². The molecule has 0 saturated carbocycles. The fraction of sp³-hybridized carbons (Fsp3) is 0.350. The SMILES string of the molecule is CC(C)c1c2c(cc3c1=CCC=CC=3)C=CC(C)(C)C=N2. The third kappa shape index (κ3) is 2.65. The van der Waals surface area contributed by atoms with Crippen LogP contribution in [0.15, 0.2) is 29.3 Å². The maximum Gasteiger partial charge on any atom is 0.0739 e. The Balaban J connectivity index is 2.40. The van der Waals surface area contributed by atoms with Gasteiger partial charge >= 0.3 is 0 Å². The zero-order valence-corrected chi connectivity index (χ0v) is 13.4. The van der Waals surface area contributed by atoms with E-state index in [2.05, 4.69) is 76.4 Å². The van der Waals surface area contributed by atoms with Crippen LogP contribution in [0.4, 0.5) is 5.69 Å². The number of fused-ring (bicyclic) bond motifs is 2. The average molecular weight is 277 g/mol. The lowest BCUT2D eigenvalue weighted by Gasteiger charge is -2.14. The summed E-state index contributed by atoms with van der Waals surface area (Å²) in [6.45, 7) is 8.91. The van der Waals surface area contributed by atoms with Crippen molar-refractivity contribution in [3.63, 3.8) is 0 Å². The molecule has 0 unspecified atom stereocenters. The van der Waals surface area contributed by atoms with Crippen molar-refractivity contribution in [2.45, 2.75) is 40.0 Å². The summed E-state index contributed by atoms with van der Waals surface area (Å²) in [5.41, 5.74) is 3.77. The van der Waals surface area contributed by atoms with Gasteiger partial charge in [0.05, 0.1) is 5.69 Å². The lowest BCUT2D eigenvalue weighted by molar-refractivity contribution is 0.699. The van der Waals surface area contributed by atoms with Crippen LogP contribution in [0.1, 0.15) is 51.2 Å². The molecule has 0 fully saturated rings. The van der Waals surface area contributed by atoms with Crippen LogP contribution >= 0.6 is 0 Å². The normalized spacial score (nSPS) is 18.3. The van der Waals surface area contributed by atoms with Crippen LogP contribution in [0.2, 0.25) is 0 Å². The van der Waals surface area contributed by atoms with Gasteiger partial charge in [-0.15, -0.1) is 0 Å². The van der Waals surface area contributed by atoms with E-state index in [-0.39, 0.29) is 5.41 Å². The highest BCUT2D eigenvalue weighted by molar-refractivity contribution is 5.82. The Morgan fingerprint density at radius 1 is 1.24 bits per heavy atom. The second-order valence-corrected chi connectivity index (χ2v) is 6.83. The molecule has 0 aromatic heterocycles. The van der Waals surface area contributed by atoms with Crippen molar-refractivity contribution in [1.82, 2.24) is 0 Å². The minimum absolute atomic E-state index is 0.0119. The Labute approximate surface area is 127 Å². The molecule has 1 nitrogen and oxygen atoms in total. The molecule has 1 aliphatic carbocycles. The molecule has 21 heavy (non-hydrogen) atoms. The molecule has 1 aromatic rings. The van der Waals surface area contributed by atoms with E-state index in [4.69, 9.17) is 4.99 Å². The summed E-state index contributed by atoms with van der Waals surface area (Å²) in [5.74, 6) is 0.461. The Morgan fingerprint density at radius 2 is 2.05 bits per heavy atom. The van der Waals surface area contributed by atoms with Crippen molar-refractivity contribution in [2.24, 2.45) is 10.4 Å². The maximum atomic E-state index is 4.86. The predicted octanol–water partition coefficient (Wildman–Crippen LogP) is 4.09. The summed E-state index contributed by atoms with van der Waals surface area (Å²) in [4.78, 5) is 4.86. The zero-order valence-electron chi connectivity index (χ0n) is 13.4. The Morgan fingerprint density at radius 3 is 2.81 bits per heavy atom. The van der Waals surface area contributed by atoms with Gasteiger partial charge in [-0.1, -0.05) is 64.2 Å². The van der Waals surface area contributed by atoms with Crippen LogP contribution in [0.5, 0.6) is 0 Å². The molecule has 1 heteroatoms. The number of aliphatic imine (C=N–C) groups is 1. The quantitative estimate of drug-likeness (QED) is 0.733. The Bertz CT molecular complexity index is 771. The summed E-state index contributed by atoms with van der Waals surface area (Å²) in [7, 11) is 0. The van der Waals surface area contributed by atoms with Crippen LogP contribution in [-0.2, 0) is 0 Å². The van der Waals surface area contributed by atoms with Crippen molar-refractivity contribution in [3.05, 3.63) is 45.9 Å². The highest BCUT2D eigenvalue weighted by Gasteiger charge is 2.18. The number of benzene rings is 1. The molecule has 0 radical (unpaired) electrons. The standard InChI is InChI=1S/C20H23N/c1-14(2)18-17-9-7-5-6-8-15(17)12-16-10-11-20(3,4)13-21-19(16)18/h5-6,8-14H,7H2,1-4H3. The lowest BCUT2D eigenvalue weighted by Crippen LogP contribution is -2.29. The molecule has 0 atom stereocenters. The summed E-state index contributed by atoms with van der Waals surface area (Å²) >= 11 is 0. The van der Waals surface area contributed by atoms with Gasteiger partial charge in [-0.2, -0.15) is 0 Å². The van der Waals surface area contributed by atoms with Crippen molar-refractivity contribution < 1.29 is 0 Å². The third-order valence-electron chi connectivity index (χ3n) is 4.11. The van der Waals surface area contributed by atoms with Crippen LogP contribution in [-0.4, -0.2) is 6.21 Å². The van der Waals surface area contributed by atoms with E-state index in [1.54, 1.807) is 0 Å². The van der Waals surface area contributed by atoms with Crippen LogP contribution in [0.25, 0.3) is 18.2 Å². The molecular weight excluding hydrogens is 254 g/mol. The number of rotatable bonds is 1. The predicted molar refractivity (Wildman–Crippen MR) is 93.4 cm³/mol. The molecule has 2 aliphatic rings. The molecule has 0 N–H and O–H groups in total. The first kappa shape index (κ1) is 14.1. The van der Waals surface area contributed by atoms with E-state index in [1.807, 2.05) is 0 Å². The molecule has 1 heterocycles. The fourth-order valence-corrected chi connectivity index (χ4v) is 2.99. The van der Waals surface area contributed by atoms with Gasteiger partial charge in [-0.3, -0.25) is 4.99 Å². The highest BCUT2D eigenvalue weighted by atomic mass is 14.7. The minimum atomic E-state index is 0.0119. The van der Waals surface area contributed by atoms with Crippen LogP contribution < -0.4 is 10.4 Å². The summed E-state index contributed by atoms with van der Waals surface area (Å²) in [6.07, 6.45) is 16.5. The van der Waals surface area contributed by atoms with Gasteiger partial charge in [0, 0.05) is 17.2 Å². The number of allylic oxidation sites excluding steroid dienone is 3. The van der Waals surface area contributed by atoms with Gasteiger partial charge in [0.15, 0.2) is 0 Å². The number of hydrogen-bond donors (Lipinski definition) is 0. The first-order valence-corrected chi connectivity index (χ1v) is 7.76. The Hall–Kier alpha value is -1.89. The van der Waals surface area contributed by atoms with Crippen molar-refractivity contribution >= 4 is 30.1 Å². The summed E-state index contributed by atoms with van der Waals surface area (Å²) in [6, 6.07) is 2.28. The van der Waals surface area contributed by atoms with Gasteiger partial charge < -0.3 is 0 Å². The highest BCUT2D eigenvalue weighted by Crippen LogP contribution is 2.32. The van der Waals surface area contributed by atoms with E-state index in [0.717, 1.165) is 12.1 Å². The van der Waals surface area contributed by atoms with Crippen molar-refractivity contribution in [2.75, 3.05) is 0 Å². The monoisotopic (exact) mass is 277 g/mol. The lowest BCUT2D eigenvalue weighted by atomic mass is 9.92. The van der Waals surface area contributed by atoms with E-state index in [0.29, 0.717) is 5.92 Å². The van der Waals surface area contributed by atoms with Gasteiger partial charge in [0.1, 0.15) is 0 Å². The molecule has 0 spiro atoms. The molecule has 1 aliphatic heterocycles. The zero-order chi connectivity index (χ0) is 15.0. The Kier molecular flexibility index (Phi) is 3.44. The molecular formula is C20H23N. The molecule has 3 rings (SSSR count). The van der Waals surface area contributed by atoms with Gasteiger partial charge in [-0.05, 0) is 34.4 Å². The second kappa shape index (κ2) is 5.14. The first-order chi connectivity index (χ1) is 9.98. The molecule has 108 valence electrons. The maximum absolute atomic E-state index is 4.86. The smallest absolute Gasteiger partial charge is 0.0739 e. The van der Waals surface area contributed by atoms with Crippen LogP contribution in [0, 0.1) is 5.41 Å². The first-order valence-electron chi connectivity index (χ1n) is 7.76. The van der Waals surface area contributed by atoms with Crippen LogP contribution in [0.3, 0.4) is 0 Å². The largest absolute Gasteiger partial charge is 0.259 e. The summed E-state index contributed by atoms with van der Waals surface area (Å²) < 4.78 is 0. The average Bonchev–Trinajstić information content (AvgIpc) is 2.73. The minimum Gasteiger partial charge on any atom is -0.259 e. The second-order valence-electron chi connectivity index (χ2n) is 6.83. The van der Waals surface area contributed by atoms with Gasteiger partial charge in [0.2, 0.25) is 0 Å². The summed E-state index contributed by atoms with van der Waals surface area (Å²) in [5, 5.41) is 2.67. The third-order valence-corrected chi connectivity index (χ3v) is 4.11. The topological polar surface area (TPSA) is 12.4 Å². The van der Waals surface area contributed by atoms with Gasteiger partial charge in [-0.25, -0.2) is 0 Å². The van der Waals surface area contributed by atoms with E-state index in [1.165, 1.54) is 21.6 Å². The molecule has 1 aromatic carbocycles. The van der Waals surface area contributed by atoms with Crippen molar-refractivity contribution in [1.29, 1.82) is 0 Å². The molecule has 0 saturated heterocycles. The number of hydrogen-bond acceptors (Lipinski definition) is 1. The van der Waals surface area contributed by atoms with Crippen molar-refractivity contribution in [3.8, 4) is 0 Å².